The van der Waals surface area contributed by atoms with Gasteiger partial charge in [0, 0.05) is 0 Å². The van der Waals surface area contributed by atoms with Crippen LogP contribution in [0.5, 0.6) is 0 Å². The Morgan fingerprint density at radius 1 is 0.867 bits per heavy atom. The Morgan fingerprint density at radius 2 is 1.43 bits per heavy atom. The molecule has 30 heavy (non-hydrogen) atoms. The number of aliphatic hydroxyl groups is 2. The van der Waals surface area contributed by atoms with Crippen LogP contribution in [0.1, 0.15) is 97.3 Å². The highest BCUT2D eigenvalue weighted by atomic mass is 32.2. The molecule has 0 aliphatic rings. The molecule has 0 heterocycles. The monoisotopic (exact) mass is 449 g/mol. The van der Waals surface area contributed by atoms with E-state index < -0.39 is 40.0 Å². The van der Waals surface area contributed by atoms with Crippen LogP contribution in [0.25, 0.3) is 0 Å². The first-order valence-electron chi connectivity index (χ1n) is 11.5. The van der Waals surface area contributed by atoms with E-state index in [9.17, 15) is 23.4 Å². The van der Waals surface area contributed by atoms with Gasteiger partial charge in [0.15, 0.2) is 0 Å². The highest BCUT2D eigenvalue weighted by molar-refractivity contribution is 7.85. The van der Waals surface area contributed by atoms with Crippen molar-refractivity contribution in [2.45, 2.75) is 116 Å². The molecule has 1 amide bonds. The van der Waals surface area contributed by atoms with Gasteiger partial charge < -0.3 is 15.5 Å². The minimum Gasteiger partial charge on any atom is -0.391 e. The fraction of sp³-hybridized carbons (Fsp3) is 0.864. The number of aliphatic hydroxyl groups excluding tert-OH is 2. The van der Waals surface area contributed by atoms with Crippen LogP contribution in [0.3, 0.4) is 0 Å². The van der Waals surface area contributed by atoms with Gasteiger partial charge in [-0.25, -0.2) is 0 Å². The number of nitrogens with one attached hydrogen (secondary N) is 1. The zero-order valence-electron chi connectivity index (χ0n) is 18.8. The third-order valence-corrected chi connectivity index (χ3v) is 5.87. The Balaban J connectivity index is 4.45. The van der Waals surface area contributed by atoms with Crippen LogP contribution < -0.4 is 5.32 Å². The predicted octanol–water partition coefficient (Wildman–Crippen LogP) is 3.75. The Hall–Kier alpha value is -0.960. The third kappa shape index (κ3) is 16.8. The van der Waals surface area contributed by atoms with Gasteiger partial charge in [-0.2, -0.15) is 8.42 Å². The second kappa shape index (κ2) is 17.7. The molecule has 4 N–H and O–H groups in total. The van der Waals surface area contributed by atoms with Crippen molar-refractivity contribution in [2.75, 3.05) is 5.75 Å². The molecule has 0 bridgehead atoms. The molecule has 0 aromatic heterocycles. The highest BCUT2D eigenvalue weighted by Crippen LogP contribution is 2.12. The molecule has 0 saturated carbocycles. The van der Waals surface area contributed by atoms with Gasteiger partial charge >= 0.3 is 0 Å². The molecule has 3 unspecified atom stereocenters. The van der Waals surface area contributed by atoms with E-state index in [0.717, 1.165) is 38.5 Å². The van der Waals surface area contributed by atoms with Crippen molar-refractivity contribution in [1.29, 1.82) is 0 Å². The highest BCUT2D eigenvalue weighted by Gasteiger charge is 2.28. The standard InChI is InChI=1S/C22H43NO6S/c1-3-5-7-9-10-11-13-15-17-21(25)22(26)23-19(18-30(27,28)29)20(24)16-14-12-8-6-4-2/h11,13,19-21,24-25H,3-10,12,14-18H2,1-2H3,(H,23,26)(H,27,28,29)/b13-11-. The van der Waals surface area contributed by atoms with Gasteiger partial charge in [0.2, 0.25) is 5.91 Å². The van der Waals surface area contributed by atoms with E-state index >= 15 is 0 Å². The lowest BCUT2D eigenvalue weighted by atomic mass is 10.0. The number of carbonyl (C=O) groups excluding carboxylic acids is 1. The minimum atomic E-state index is -4.38. The molecule has 0 aliphatic carbocycles. The quantitative estimate of drug-likeness (QED) is 0.135. The van der Waals surface area contributed by atoms with Crippen molar-refractivity contribution >= 4 is 16.0 Å². The Morgan fingerprint density at radius 3 is 2.03 bits per heavy atom. The van der Waals surface area contributed by atoms with Gasteiger partial charge in [0.05, 0.1) is 17.9 Å². The van der Waals surface area contributed by atoms with Gasteiger partial charge in [-0.15, -0.1) is 0 Å². The summed E-state index contributed by atoms with van der Waals surface area (Å²) in [5, 5.41) is 22.8. The number of hydrogen-bond donors (Lipinski definition) is 4. The molecule has 7 nitrogen and oxygen atoms in total. The van der Waals surface area contributed by atoms with Crippen LogP contribution in [-0.4, -0.2) is 53.1 Å². The number of allylic oxidation sites excluding steroid dienone is 2. The maximum atomic E-state index is 12.2. The zero-order chi connectivity index (χ0) is 22.8. The zero-order valence-corrected chi connectivity index (χ0v) is 19.6. The second-order valence-electron chi connectivity index (χ2n) is 8.05. The molecule has 3 atom stereocenters. The molecule has 0 aliphatic heterocycles. The first-order chi connectivity index (χ1) is 14.2. The fourth-order valence-corrected chi connectivity index (χ4v) is 3.98. The normalized spacial score (nSPS) is 15.2. The van der Waals surface area contributed by atoms with E-state index in [1.165, 1.54) is 19.3 Å². The summed E-state index contributed by atoms with van der Waals surface area (Å²) in [5.74, 6) is -1.51. The van der Waals surface area contributed by atoms with E-state index in [0.29, 0.717) is 19.3 Å². The van der Waals surface area contributed by atoms with E-state index in [2.05, 4.69) is 19.2 Å². The average Bonchev–Trinajstić information content (AvgIpc) is 2.67. The largest absolute Gasteiger partial charge is 0.391 e. The summed E-state index contributed by atoms with van der Waals surface area (Å²) in [7, 11) is -4.38. The summed E-state index contributed by atoms with van der Waals surface area (Å²) in [6, 6.07) is -1.15. The molecule has 0 rings (SSSR count). The Labute approximate surface area is 183 Å². The molecule has 0 aromatic rings. The van der Waals surface area contributed by atoms with Crippen molar-refractivity contribution in [1.82, 2.24) is 5.32 Å². The predicted molar refractivity (Wildman–Crippen MR) is 121 cm³/mol. The molecule has 0 aromatic carbocycles. The molecule has 0 radical (unpaired) electrons. The smallest absolute Gasteiger partial charge is 0.266 e. The van der Waals surface area contributed by atoms with Crippen LogP contribution in [-0.2, 0) is 14.9 Å². The maximum absolute atomic E-state index is 12.2. The van der Waals surface area contributed by atoms with Crippen LogP contribution in [0.2, 0.25) is 0 Å². The number of rotatable bonds is 19. The van der Waals surface area contributed by atoms with Gasteiger partial charge in [-0.1, -0.05) is 77.4 Å². The molecule has 0 fully saturated rings. The summed E-state index contributed by atoms with van der Waals surface area (Å²) in [6.07, 6.45) is 13.2. The molecule has 0 saturated heterocycles. The van der Waals surface area contributed by atoms with E-state index in [1.54, 1.807) is 0 Å². The summed E-state index contributed by atoms with van der Waals surface area (Å²) in [6.45, 7) is 4.26. The average molecular weight is 450 g/mol. The molecular weight excluding hydrogens is 406 g/mol. The van der Waals surface area contributed by atoms with Crippen molar-refractivity contribution < 1.29 is 28.0 Å². The maximum Gasteiger partial charge on any atom is 0.266 e. The lowest BCUT2D eigenvalue weighted by Gasteiger charge is -2.24. The van der Waals surface area contributed by atoms with E-state index in [4.69, 9.17) is 4.55 Å². The number of unbranched alkanes of at least 4 members (excludes halogenated alkanes) is 8. The van der Waals surface area contributed by atoms with Gasteiger partial charge in [-0.05, 0) is 32.1 Å². The SMILES string of the molecule is CCCCCC/C=C\CCC(O)C(=O)NC(CS(=O)(=O)O)C(O)CCCCCCC. The van der Waals surface area contributed by atoms with E-state index in [-0.39, 0.29) is 6.42 Å². The first-order valence-corrected chi connectivity index (χ1v) is 13.1. The summed E-state index contributed by atoms with van der Waals surface area (Å²) < 4.78 is 31.7. The molecule has 8 heteroatoms. The molecule has 178 valence electrons. The first kappa shape index (κ1) is 29.0. The van der Waals surface area contributed by atoms with E-state index in [1.807, 2.05) is 12.2 Å². The molecule has 0 spiro atoms. The van der Waals surface area contributed by atoms with Crippen LogP contribution in [0.15, 0.2) is 12.2 Å². The van der Waals surface area contributed by atoms with Crippen molar-refractivity contribution in [3.05, 3.63) is 12.2 Å². The fourth-order valence-electron chi connectivity index (χ4n) is 3.22. The lowest BCUT2D eigenvalue weighted by molar-refractivity contribution is -0.131. The van der Waals surface area contributed by atoms with Crippen molar-refractivity contribution in [3.8, 4) is 0 Å². The van der Waals surface area contributed by atoms with Crippen molar-refractivity contribution in [2.24, 2.45) is 0 Å². The van der Waals surface area contributed by atoms with Crippen molar-refractivity contribution in [3.63, 3.8) is 0 Å². The number of amides is 1. The topological polar surface area (TPSA) is 124 Å². The van der Waals surface area contributed by atoms with Gasteiger partial charge in [-0.3, -0.25) is 9.35 Å². The third-order valence-electron chi connectivity index (χ3n) is 5.09. The van der Waals surface area contributed by atoms with Crippen LogP contribution >= 0.6 is 0 Å². The minimum absolute atomic E-state index is 0.211. The Kier molecular flexibility index (Phi) is 17.1. The molecular formula is C22H43NO6S. The lowest BCUT2D eigenvalue weighted by Crippen LogP contribution is -2.50. The second-order valence-corrected chi connectivity index (χ2v) is 9.54. The Bertz CT molecular complexity index is 564. The van der Waals surface area contributed by atoms with Gasteiger partial charge in [0.1, 0.15) is 6.10 Å². The number of hydrogen-bond acceptors (Lipinski definition) is 5. The van der Waals surface area contributed by atoms with Crippen LogP contribution in [0.4, 0.5) is 0 Å². The summed E-state index contributed by atoms with van der Waals surface area (Å²) in [4.78, 5) is 12.2. The van der Waals surface area contributed by atoms with Crippen LogP contribution in [0, 0.1) is 0 Å². The van der Waals surface area contributed by atoms with Gasteiger partial charge in [0.25, 0.3) is 10.1 Å². The summed E-state index contributed by atoms with van der Waals surface area (Å²) >= 11 is 0. The summed E-state index contributed by atoms with van der Waals surface area (Å²) in [5.41, 5.74) is 0. The number of carbonyl (C=O) groups is 1.